The lowest BCUT2D eigenvalue weighted by Gasteiger charge is -2.10. The van der Waals surface area contributed by atoms with E-state index in [0.717, 1.165) is 13.0 Å². The lowest BCUT2D eigenvalue weighted by atomic mass is 10.1. The number of carboxylic acids is 2. The van der Waals surface area contributed by atoms with Crippen molar-refractivity contribution in [1.82, 2.24) is 4.90 Å². The fourth-order valence-corrected chi connectivity index (χ4v) is 2.82. The highest BCUT2D eigenvalue weighted by Crippen LogP contribution is 2.35. The molecule has 9 nitrogen and oxygen atoms in total. The number of carboxylic acid groups (broad SMARTS) is 2. The third kappa shape index (κ3) is 7.51. The monoisotopic (exact) mass is 454 g/mol. The molecule has 0 spiro atoms. The predicted octanol–water partition coefficient (Wildman–Crippen LogP) is 3.29. The minimum Gasteiger partial charge on any atom is -0.490 e. The summed E-state index contributed by atoms with van der Waals surface area (Å²) in [4.78, 5) is 33.9. The quantitative estimate of drug-likeness (QED) is 0.252. The number of nitrogens with two attached hydrogens (primary N) is 1. The summed E-state index contributed by atoms with van der Waals surface area (Å²) >= 11 is 0. The van der Waals surface area contributed by atoms with Crippen molar-refractivity contribution in [3.05, 3.63) is 72.0 Å². The highest BCUT2D eigenvalue weighted by atomic mass is 16.5. The van der Waals surface area contributed by atoms with E-state index in [1.165, 1.54) is 0 Å². The van der Waals surface area contributed by atoms with E-state index in [2.05, 4.69) is 4.90 Å². The molecule has 174 valence electrons. The second-order valence-corrected chi connectivity index (χ2v) is 7.19. The molecule has 0 unspecified atom stereocenters. The number of ether oxygens (including phenoxy) is 1. The zero-order chi connectivity index (χ0) is 24.4. The first-order chi connectivity index (χ1) is 15.7. The van der Waals surface area contributed by atoms with Crippen molar-refractivity contribution in [3.63, 3.8) is 0 Å². The number of rotatable bonds is 9. The number of ketones is 1. The maximum Gasteiger partial charge on any atom is 0.328 e. The van der Waals surface area contributed by atoms with E-state index in [0.29, 0.717) is 46.7 Å². The SMILES string of the molecule is CN(C)CCCOc1cccc2c(N)c(C(=O)c3ccccc3)oc12.O=C(O)/C=C\C(=O)O. The summed E-state index contributed by atoms with van der Waals surface area (Å²) in [6.45, 7) is 1.51. The van der Waals surface area contributed by atoms with Crippen LogP contribution in [0.25, 0.3) is 11.0 Å². The Morgan fingerprint density at radius 3 is 2.21 bits per heavy atom. The second kappa shape index (κ2) is 12.1. The van der Waals surface area contributed by atoms with E-state index in [1.54, 1.807) is 12.1 Å². The normalized spacial score (nSPS) is 10.8. The van der Waals surface area contributed by atoms with Gasteiger partial charge in [0.05, 0.1) is 12.3 Å². The van der Waals surface area contributed by atoms with Crippen molar-refractivity contribution in [2.24, 2.45) is 0 Å². The zero-order valence-corrected chi connectivity index (χ0v) is 18.4. The van der Waals surface area contributed by atoms with Gasteiger partial charge < -0.3 is 30.0 Å². The van der Waals surface area contributed by atoms with Gasteiger partial charge in [0.2, 0.25) is 5.78 Å². The van der Waals surface area contributed by atoms with Crippen molar-refractivity contribution in [3.8, 4) is 5.75 Å². The Bertz CT molecular complexity index is 1120. The predicted molar refractivity (Wildman–Crippen MR) is 124 cm³/mol. The number of para-hydroxylation sites is 1. The number of furan rings is 1. The van der Waals surface area contributed by atoms with Crippen LogP contribution in [0.3, 0.4) is 0 Å². The van der Waals surface area contributed by atoms with Crippen LogP contribution < -0.4 is 10.5 Å². The van der Waals surface area contributed by atoms with E-state index in [4.69, 9.17) is 25.1 Å². The van der Waals surface area contributed by atoms with Gasteiger partial charge in [0.25, 0.3) is 0 Å². The molecule has 2 aromatic carbocycles. The molecule has 0 aliphatic heterocycles. The standard InChI is InChI=1S/C20H22N2O3.C4H4O4/c1-22(2)12-7-13-24-16-11-6-10-15-17(21)20(25-19(15)16)18(23)14-8-4-3-5-9-14;5-3(6)1-2-4(7)8/h3-6,8-11H,7,12-13,21H2,1-2H3;1-2H,(H,5,6)(H,7,8)/b;2-1-. The molecular weight excluding hydrogens is 428 g/mol. The van der Waals surface area contributed by atoms with Gasteiger partial charge in [-0.25, -0.2) is 9.59 Å². The number of fused-ring (bicyclic) bond motifs is 1. The van der Waals surface area contributed by atoms with E-state index in [-0.39, 0.29) is 11.5 Å². The number of aliphatic carboxylic acids is 2. The molecule has 0 bridgehead atoms. The van der Waals surface area contributed by atoms with E-state index in [9.17, 15) is 14.4 Å². The van der Waals surface area contributed by atoms with Crippen LogP contribution in [0, 0.1) is 0 Å². The average molecular weight is 454 g/mol. The summed E-state index contributed by atoms with van der Waals surface area (Å²) in [5, 5.41) is 16.3. The summed E-state index contributed by atoms with van der Waals surface area (Å²) in [5.41, 5.74) is 7.57. The molecular formula is C24H26N2O7. The topological polar surface area (TPSA) is 143 Å². The fourth-order valence-electron chi connectivity index (χ4n) is 2.82. The largest absolute Gasteiger partial charge is 0.490 e. The molecule has 0 amide bonds. The lowest BCUT2D eigenvalue weighted by Crippen LogP contribution is -2.15. The van der Waals surface area contributed by atoms with Crippen LogP contribution >= 0.6 is 0 Å². The Hall–Kier alpha value is -4.11. The second-order valence-electron chi connectivity index (χ2n) is 7.19. The smallest absolute Gasteiger partial charge is 0.328 e. The summed E-state index contributed by atoms with van der Waals surface area (Å²) < 4.78 is 11.7. The van der Waals surface area contributed by atoms with Gasteiger partial charge >= 0.3 is 11.9 Å². The highest BCUT2D eigenvalue weighted by molar-refractivity contribution is 6.14. The molecule has 0 fully saturated rings. The molecule has 4 N–H and O–H groups in total. The van der Waals surface area contributed by atoms with Crippen molar-refractivity contribution in [2.75, 3.05) is 33.0 Å². The first kappa shape index (κ1) is 25.2. The van der Waals surface area contributed by atoms with Crippen LogP contribution in [0.15, 0.2) is 65.1 Å². The molecule has 1 heterocycles. The molecule has 33 heavy (non-hydrogen) atoms. The Labute approximate surface area is 190 Å². The van der Waals surface area contributed by atoms with Crippen LogP contribution in [0.2, 0.25) is 0 Å². The maximum absolute atomic E-state index is 12.7. The average Bonchev–Trinajstić information content (AvgIpc) is 3.13. The molecule has 0 saturated heterocycles. The maximum atomic E-state index is 12.7. The summed E-state index contributed by atoms with van der Waals surface area (Å²) in [6.07, 6.45) is 2.01. The van der Waals surface area contributed by atoms with Gasteiger partial charge in [-0.3, -0.25) is 4.79 Å². The van der Waals surface area contributed by atoms with Crippen molar-refractivity contribution in [2.45, 2.75) is 6.42 Å². The van der Waals surface area contributed by atoms with Crippen LogP contribution in [0.4, 0.5) is 5.69 Å². The van der Waals surface area contributed by atoms with E-state index < -0.39 is 11.9 Å². The first-order valence-electron chi connectivity index (χ1n) is 10.0. The van der Waals surface area contributed by atoms with Gasteiger partial charge in [-0.2, -0.15) is 0 Å². The number of carbonyl (C=O) groups is 3. The van der Waals surface area contributed by atoms with Crippen LogP contribution in [-0.2, 0) is 9.59 Å². The molecule has 0 radical (unpaired) electrons. The van der Waals surface area contributed by atoms with Gasteiger partial charge in [-0.15, -0.1) is 0 Å². The molecule has 3 rings (SSSR count). The van der Waals surface area contributed by atoms with Crippen LogP contribution in [0.5, 0.6) is 5.75 Å². The van der Waals surface area contributed by atoms with Crippen LogP contribution in [0.1, 0.15) is 22.5 Å². The first-order valence-corrected chi connectivity index (χ1v) is 10.0. The molecule has 0 saturated carbocycles. The van der Waals surface area contributed by atoms with Gasteiger partial charge in [0, 0.05) is 29.6 Å². The minimum atomic E-state index is -1.26. The van der Waals surface area contributed by atoms with Crippen molar-refractivity contribution in [1.29, 1.82) is 0 Å². The number of benzene rings is 2. The summed E-state index contributed by atoms with van der Waals surface area (Å²) in [7, 11) is 4.05. The molecule has 1 aromatic heterocycles. The van der Waals surface area contributed by atoms with E-state index >= 15 is 0 Å². The highest BCUT2D eigenvalue weighted by Gasteiger charge is 2.21. The Morgan fingerprint density at radius 1 is 1.00 bits per heavy atom. The van der Waals surface area contributed by atoms with Gasteiger partial charge in [-0.05, 0) is 32.6 Å². The number of carbonyl (C=O) groups excluding carboxylic acids is 1. The third-order valence-electron chi connectivity index (χ3n) is 4.34. The number of anilines is 1. The lowest BCUT2D eigenvalue weighted by molar-refractivity contribution is -0.134. The minimum absolute atomic E-state index is 0.158. The Kier molecular flexibility index (Phi) is 9.19. The van der Waals surface area contributed by atoms with Crippen molar-refractivity contribution < 1.29 is 33.8 Å². The molecule has 0 aliphatic rings. The van der Waals surface area contributed by atoms with Gasteiger partial charge in [0.15, 0.2) is 17.1 Å². The molecule has 0 aliphatic carbocycles. The zero-order valence-electron chi connectivity index (χ0n) is 18.4. The summed E-state index contributed by atoms with van der Waals surface area (Å²) in [6, 6.07) is 14.5. The Morgan fingerprint density at radius 2 is 1.64 bits per heavy atom. The number of hydrogen-bond acceptors (Lipinski definition) is 7. The number of hydrogen-bond donors (Lipinski definition) is 3. The van der Waals surface area contributed by atoms with Gasteiger partial charge in [-0.1, -0.05) is 36.4 Å². The Balaban J connectivity index is 0.000000414. The fraction of sp³-hybridized carbons (Fsp3) is 0.208. The molecule has 0 atom stereocenters. The van der Waals surface area contributed by atoms with Crippen molar-refractivity contribution >= 4 is 34.4 Å². The molecule has 9 heteroatoms. The number of nitrogen functional groups attached to an aromatic ring is 1. The third-order valence-corrected chi connectivity index (χ3v) is 4.34. The van der Waals surface area contributed by atoms with E-state index in [1.807, 2.05) is 50.5 Å². The van der Waals surface area contributed by atoms with Crippen LogP contribution in [-0.4, -0.2) is 60.1 Å². The summed E-state index contributed by atoms with van der Waals surface area (Å²) in [5.74, 6) is -1.98. The van der Waals surface area contributed by atoms with Gasteiger partial charge in [0.1, 0.15) is 0 Å². The number of nitrogens with zero attached hydrogens (tertiary/aromatic N) is 1. The molecule has 3 aromatic rings.